The molecule has 2 rings (SSSR count). The molecule has 2 saturated heterocycles. The van der Waals surface area contributed by atoms with Crippen molar-refractivity contribution in [1.82, 2.24) is 0 Å². The third kappa shape index (κ3) is 2.35. The molecular weight excluding hydrogens is 276 g/mol. The van der Waals surface area contributed by atoms with Crippen molar-refractivity contribution in [2.45, 2.75) is 36.8 Å². The molecule has 9 heteroatoms. The summed E-state index contributed by atoms with van der Waals surface area (Å²) >= 11 is 0. The second kappa shape index (κ2) is 5.00. The molecule has 0 saturated carbocycles. The van der Waals surface area contributed by atoms with E-state index in [-0.39, 0.29) is 13.0 Å². The third-order valence-electron chi connectivity index (χ3n) is 3.36. The summed E-state index contributed by atoms with van der Waals surface area (Å²) in [4.78, 5) is 33.4. The van der Waals surface area contributed by atoms with Crippen LogP contribution in [0.4, 0.5) is 0 Å². The zero-order valence-electron chi connectivity index (χ0n) is 10.4. The minimum Gasteiger partial charge on any atom is -0.481 e. The van der Waals surface area contributed by atoms with Gasteiger partial charge in [-0.15, -0.1) is 0 Å². The van der Waals surface area contributed by atoms with E-state index >= 15 is 0 Å². The van der Waals surface area contributed by atoms with Gasteiger partial charge < -0.3 is 29.5 Å². The average Bonchev–Trinajstić information content (AvgIpc) is 2.80. The van der Waals surface area contributed by atoms with Gasteiger partial charge >= 0.3 is 17.9 Å². The monoisotopic (exact) mass is 290 g/mol. The zero-order chi connectivity index (χ0) is 15.0. The van der Waals surface area contributed by atoms with Gasteiger partial charge in [0.2, 0.25) is 11.9 Å². The van der Waals surface area contributed by atoms with Crippen molar-refractivity contribution in [1.29, 1.82) is 0 Å². The Morgan fingerprint density at radius 3 is 2.30 bits per heavy atom. The van der Waals surface area contributed by atoms with E-state index in [1.54, 1.807) is 0 Å². The molecule has 20 heavy (non-hydrogen) atoms. The molecule has 2 heterocycles. The molecule has 2 unspecified atom stereocenters. The lowest BCUT2D eigenvalue weighted by molar-refractivity contribution is -0.339. The van der Waals surface area contributed by atoms with Gasteiger partial charge in [0.25, 0.3) is 0 Å². The number of hydrogen-bond acceptors (Lipinski definition) is 6. The van der Waals surface area contributed by atoms with Crippen LogP contribution >= 0.6 is 0 Å². The van der Waals surface area contributed by atoms with Crippen LogP contribution in [0.25, 0.3) is 0 Å². The van der Waals surface area contributed by atoms with Crippen molar-refractivity contribution in [3.8, 4) is 0 Å². The van der Waals surface area contributed by atoms with Crippen LogP contribution in [0.5, 0.6) is 0 Å². The molecule has 1 spiro atoms. The first kappa shape index (κ1) is 14.7. The SMILES string of the molecule is O=C(O)CC1(C(=O)O)CO[C@@]2(CCCO2)C(C(=O)O)O1. The highest BCUT2D eigenvalue weighted by Gasteiger charge is 2.60. The van der Waals surface area contributed by atoms with Gasteiger partial charge in [-0.1, -0.05) is 0 Å². The van der Waals surface area contributed by atoms with Gasteiger partial charge in [0.15, 0.2) is 5.60 Å². The molecule has 2 aliphatic heterocycles. The van der Waals surface area contributed by atoms with E-state index in [0.29, 0.717) is 6.42 Å². The molecule has 0 radical (unpaired) electrons. The first-order valence-electron chi connectivity index (χ1n) is 5.95. The van der Waals surface area contributed by atoms with Gasteiger partial charge in [0.05, 0.1) is 19.6 Å². The predicted octanol–water partition coefficient (Wildman–Crippen LogP) is -0.709. The summed E-state index contributed by atoms with van der Waals surface area (Å²) in [7, 11) is 0. The minimum absolute atomic E-state index is 0.243. The predicted molar refractivity (Wildman–Crippen MR) is 59.0 cm³/mol. The fraction of sp³-hybridized carbons (Fsp3) is 0.727. The number of hydrogen-bond donors (Lipinski definition) is 3. The highest BCUT2D eigenvalue weighted by Crippen LogP contribution is 2.40. The average molecular weight is 290 g/mol. The van der Waals surface area contributed by atoms with E-state index < -0.39 is 48.4 Å². The Labute approximate surface area is 113 Å². The Bertz CT molecular complexity index is 439. The van der Waals surface area contributed by atoms with E-state index in [9.17, 15) is 19.5 Å². The summed E-state index contributed by atoms with van der Waals surface area (Å²) in [5.74, 6) is -6.01. The Morgan fingerprint density at radius 2 is 1.85 bits per heavy atom. The van der Waals surface area contributed by atoms with Gasteiger partial charge in [0.1, 0.15) is 0 Å². The number of rotatable bonds is 4. The van der Waals surface area contributed by atoms with Crippen molar-refractivity contribution in [2.24, 2.45) is 0 Å². The second-order valence-electron chi connectivity index (χ2n) is 4.76. The maximum absolute atomic E-state index is 11.3. The normalized spacial score (nSPS) is 36.9. The molecular formula is C11H14O9. The van der Waals surface area contributed by atoms with Crippen LogP contribution in [-0.2, 0) is 28.6 Å². The van der Waals surface area contributed by atoms with Crippen molar-refractivity contribution in [3.05, 3.63) is 0 Å². The zero-order valence-corrected chi connectivity index (χ0v) is 10.4. The maximum atomic E-state index is 11.3. The Hall–Kier alpha value is -1.71. The van der Waals surface area contributed by atoms with Gasteiger partial charge in [-0.05, 0) is 6.42 Å². The van der Waals surface area contributed by atoms with E-state index in [1.165, 1.54) is 0 Å². The highest BCUT2D eigenvalue weighted by atomic mass is 16.8. The molecule has 0 bridgehead atoms. The summed E-state index contributed by atoms with van der Waals surface area (Å²) in [6, 6.07) is 0. The number of carboxylic acids is 3. The standard InChI is InChI=1S/C11H14O9/c12-6(13)4-10(9(16)17)5-19-11(2-1-3-18-11)7(20-10)8(14)15/h7H,1-5H2,(H,12,13)(H,14,15)(H,16,17)/t7?,10?,11-/m0/s1. The molecule has 3 N–H and O–H groups in total. The summed E-state index contributed by atoms with van der Waals surface area (Å²) in [5, 5.41) is 27.1. The Morgan fingerprint density at radius 1 is 1.15 bits per heavy atom. The molecule has 0 aromatic carbocycles. The summed E-state index contributed by atoms with van der Waals surface area (Å²) < 4.78 is 15.7. The van der Waals surface area contributed by atoms with Crippen LogP contribution in [-0.4, -0.2) is 63.9 Å². The molecule has 3 atom stereocenters. The molecule has 0 aromatic heterocycles. The highest BCUT2D eigenvalue weighted by molar-refractivity contribution is 5.85. The van der Waals surface area contributed by atoms with E-state index in [4.69, 9.17) is 24.4 Å². The van der Waals surface area contributed by atoms with Crippen LogP contribution in [0, 0.1) is 0 Å². The van der Waals surface area contributed by atoms with Crippen LogP contribution in [0.3, 0.4) is 0 Å². The number of aliphatic carboxylic acids is 3. The largest absolute Gasteiger partial charge is 0.481 e. The lowest BCUT2D eigenvalue weighted by Crippen LogP contribution is -2.64. The number of ether oxygens (including phenoxy) is 3. The molecule has 112 valence electrons. The quantitative estimate of drug-likeness (QED) is 0.612. The van der Waals surface area contributed by atoms with Crippen molar-refractivity contribution < 1.29 is 43.9 Å². The molecule has 2 fully saturated rings. The number of carboxylic acid groups (broad SMARTS) is 3. The van der Waals surface area contributed by atoms with Crippen molar-refractivity contribution in [2.75, 3.05) is 13.2 Å². The van der Waals surface area contributed by atoms with E-state index in [2.05, 4.69) is 0 Å². The topological polar surface area (TPSA) is 140 Å². The lowest BCUT2D eigenvalue weighted by Gasteiger charge is -2.44. The molecule has 0 aromatic rings. The van der Waals surface area contributed by atoms with Crippen molar-refractivity contribution >= 4 is 17.9 Å². The molecule has 2 aliphatic rings. The van der Waals surface area contributed by atoms with E-state index in [1.807, 2.05) is 0 Å². The fourth-order valence-electron chi connectivity index (χ4n) is 2.38. The lowest BCUT2D eigenvalue weighted by atomic mass is 9.95. The molecule has 0 amide bonds. The third-order valence-corrected chi connectivity index (χ3v) is 3.36. The first-order chi connectivity index (χ1) is 9.31. The summed E-state index contributed by atoms with van der Waals surface area (Å²) in [5.41, 5.74) is -2.23. The van der Waals surface area contributed by atoms with Crippen LogP contribution in [0.15, 0.2) is 0 Å². The van der Waals surface area contributed by atoms with Gasteiger partial charge in [0, 0.05) is 6.42 Å². The van der Waals surface area contributed by atoms with Crippen LogP contribution < -0.4 is 0 Å². The van der Waals surface area contributed by atoms with Gasteiger partial charge in [-0.3, -0.25) is 4.79 Å². The van der Waals surface area contributed by atoms with Crippen LogP contribution in [0.2, 0.25) is 0 Å². The summed E-state index contributed by atoms with van der Waals surface area (Å²) in [6.07, 6.45) is -1.80. The Kier molecular flexibility index (Phi) is 3.67. The van der Waals surface area contributed by atoms with Gasteiger partial charge in [-0.2, -0.15) is 0 Å². The molecule has 9 nitrogen and oxygen atoms in total. The summed E-state index contributed by atoms with van der Waals surface area (Å²) in [6.45, 7) is -0.315. The Balaban J connectivity index is 2.30. The number of carbonyl (C=O) groups is 3. The minimum atomic E-state index is -2.23. The smallest absolute Gasteiger partial charge is 0.339 e. The van der Waals surface area contributed by atoms with E-state index in [0.717, 1.165) is 0 Å². The first-order valence-corrected chi connectivity index (χ1v) is 5.95. The van der Waals surface area contributed by atoms with Crippen LogP contribution in [0.1, 0.15) is 19.3 Å². The maximum Gasteiger partial charge on any atom is 0.339 e. The fourth-order valence-corrected chi connectivity index (χ4v) is 2.38. The molecule has 0 aliphatic carbocycles. The van der Waals surface area contributed by atoms with Gasteiger partial charge in [-0.25, -0.2) is 9.59 Å². The van der Waals surface area contributed by atoms with Crippen molar-refractivity contribution in [3.63, 3.8) is 0 Å². The second-order valence-corrected chi connectivity index (χ2v) is 4.76.